The zero-order valence-electron chi connectivity index (χ0n) is 15.3. The van der Waals surface area contributed by atoms with E-state index in [-0.39, 0.29) is 18.2 Å². The van der Waals surface area contributed by atoms with Crippen LogP contribution in [0.1, 0.15) is 29.3 Å². The average molecular weight is 414 g/mol. The Kier molecular flexibility index (Phi) is 8.52. The van der Waals surface area contributed by atoms with Crippen LogP contribution in [0.3, 0.4) is 0 Å². The fraction of sp³-hybridized carbons (Fsp3) is 0.0952. The summed E-state index contributed by atoms with van der Waals surface area (Å²) in [6.07, 6.45) is 1.64. The first-order chi connectivity index (χ1) is 13.5. The van der Waals surface area contributed by atoms with Crippen molar-refractivity contribution in [3.63, 3.8) is 0 Å². The van der Waals surface area contributed by atoms with Crippen molar-refractivity contribution in [3.05, 3.63) is 89.5 Å². The number of benzene rings is 2. The molecule has 28 heavy (non-hydrogen) atoms. The number of fused-ring (bicyclic) bond motifs is 1. The van der Waals surface area contributed by atoms with Gasteiger partial charge in [0, 0.05) is 28.1 Å². The van der Waals surface area contributed by atoms with Gasteiger partial charge < -0.3 is 0 Å². The number of carbonyl (C=O) groups excluding carboxylic acids is 2. The second-order valence-electron chi connectivity index (χ2n) is 5.64. The van der Waals surface area contributed by atoms with Crippen LogP contribution in [0, 0.1) is 0 Å². The third kappa shape index (κ3) is 6.72. The maximum atomic E-state index is 11.4. The number of aliphatic imine (C=N–C) groups is 1. The van der Waals surface area contributed by atoms with Gasteiger partial charge in [0.05, 0.1) is 0 Å². The van der Waals surface area contributed by atoms with Gasteiger partial charge in [0.2, 0.25) is 5.91 Å². The van der Waals surface area contributed by atoms with Crippen molar-refractivity contribution in [1.29, 1.82) is 0 Å². The Balaban J connectivity index is 0.000000202. The lowest BCUT2D eigenvalue weighted by molar-refractivity contribution is -0.121. The van der Waals surface area contributed by atoms with Gasteiger partial charge in [-0.1, -0.05) is 65.8 Å². The Labute approximate surface area is 173 Å². The number of amides is 2. The Morgan fingerprint density at radius 1 is 1.11 bits per heavy atom. The lowest BCUT2D eigenvalue weighted by Gasteiger charge is -2.05. The highest BCUT2D eigenvalue weighted by molar-refractivity contribution is 8.02. The van der Waals surface area contributed by atoms with Crippen LogP contribution >= 0.6 is 23.4 Å². The molecule has 0 radical (unpaired) electrons. The molecule has 0 atom stereocenters. The maximum absolute atomic E-state index is 11.4. The van der Waals surface area contributed by atoms with E-state index in [2.05, 4.69) is 22.4 Å². The summed E-state index contributed by atoms with van der Waals surface area (Å²) in [4.78, 5) is 27.8. The molecular formula is C21H20ClN3O2S. The van der Waals surface area contributed by atoms with E-state index in [1.54, 1.807) is 36.0 Å². The predicted molar refractivity (Wildman–Crippen MR) is 115 cm³/mol. The third-order valence-corrected chi connectivity index (χ3v) is 4.78. The quantitative estimate of drug-likeness (QED) is 0.567. The van der Waals surface area contributed by atoms with Gasteiger partial charge in [-0.3, -0.25) is 20.4 Å². The minimum Gasteiger partial charge on any atom is -0.273 e. The predicted octanol–water partition coefficient (Wildman–Crippen LogP) is 4.66. The number of thioether (sulfide) groups is 1. The summed E-state index contributed by atoms with van der Waals surface area (Å²) in [7, 11) is 0. The molecule has 0 spiro atoms. The van der Waals surface area contributed by atoms with Crippen molar-refractivity contribution >= 4 is 40.3 Å². The molecule has 144 valence electrons. The average Bonchev–Trinajstić information content (AvgIpc) is 2.86. The van der Waals surface area contributed by atoms with Gasteiger partial charge >= 0.3 is 0 Å². The highest BCUT2D eigenvalue weighted by Crippen LogP contribution is 2.29. The van der Waals surface area contributed by atoms with Gasteiger partial charge in [0.15, 0.2) is 0 Å². The Bertz CT molecular complexity index is 911. The molecule has 2 aromatic carbocycles. The first-order valence-electron chi connectivity index (χ1n) is 8.43. The number of carbonyl (C=O) groups is 2. The molecule has 5 nitrogen and oxygen atoms in total. The lowest BCUT2D eigenvalue weighted by atomic mass is 10.2. The van der Waals surface area contributed by atoms with Crippen LogP contribution < -0.4 is 10.9 Å². The van der Waals surface area contributed by atoms with Gasteiger partial charge in [-0.05, 0) is 30.5 Å². The molecule has 0 bridgehead atoms. The molecule has 0 aromatic heterocycles. The summed E-state index contributed by atoms with van der Waals surface area (Å²) in [5, 5.41) is 2.59. The van der Waals surface area contributed by atoms with E-state index in [9.17, 15) is 9.59 Å². The number of halogens is 1. The number of allylic oxidation sites excluding steroid dienone is 1. The summed E-state index contributed by atoms with van der Waals surface area (Å²) in [5.74, 6) is -0.637. The van der Waals surface area contributed by atoms with Crippen LogP contribution in [0.4, 0.5) is 0 Å². The molecule has 1 aliphatic heterocycles. The minimum atomic E-state index is -0.340. The molecule has 0 aliphatic carbocycles. The highest BCUT2D eigenvalue weighted by atomic mass is 35.5. The fourth-order valence-corrected chi connectivity index (χ4v) is 3.25. The van der Waals surface area contributed by atoms with E-state index in [1.807, 2.05) is 42.7 Å². The molecule has 0 saturated carbocycles. The summed E-state index contributed by atoms with van der Waals surface area (Å²) >= 11 is 7.70. The van der Waals surface area contributed by atoms with E-state index in [1.165, 1.54) is 6.08 Å². The fourth-order valence-electron chi connectivity index (χ4n) is 2.10. The Morgan fingerprint density at radius 2 is 1.79 bits per heavy atom. The first-order valence-corrected chi connectivity index (χ1v) is 9.69. The zero-order chi connectivity index (χ0) is 20.4. The monoisotopic (exact) mass is 413 g/mol. The molecule has 2 N–H and O–H groups in total. The number of rotatable bonds is 3. The SMILES string of the molecule is C=CCC(=O)NNC(=O)c1ccccc1.CC1=CSc2ccccc2C(Cl)=N1. The normalized spacial score (nSPS) is 12.1. The maximum Gasteiger partial charge on any atom is 0.269 e. The molecule has 0 unspecified atom stereocenters. The van der Waals surface area contributed by atoms with Gasteiger partial charge in [-0.2, -0.15) is 0 Å². The van der Waals surface area contributed by atoms with E-state index in [4.69, 9.17) is 11.6 Å². The molecule has 0 saturated heterocycles. The van der Waals surface area contributed by atoms with Gasteiger partial charge in [-0.25, -0.2) is 4.99 Å². The summed E-state index contributed by atoms with van der Waals surface area (Å²) in [6, 6.07) is 16.6. The number of hydrogen-bond donors (Lipinski definition) is 2. The largest absolute Gasteiger partial charge is 0.273 e. The number of hydrazine groups is 1. The molecule has 0 fully saturated rings. The highest BCUT2D eigenvalue weighted by Gasteiger charge is 2.09. The standard InChI is InChI=1S/C11H12N2O2.C10H8ClNS/c1-2-6-10(14)12-13-11(15)9-7-4-3-5-8-9;1-7-6-13-9-5-3-2-4-8(9)10(11)12-7/h2-5,7-8H,1,6H2,(H,12,14)(H,13,15);2-6H,1H3. The molecule has 1 aliphatic rings. The second kappa shape index (κ2) is 11.1. The van der Waals surface area contributed by atoms with Crippen molar-refractivity contribution in [2.45, 2.75) is 18.2 Å². The van der Waals surface area contributed by atoms with Crippen molar-refractivity contribution in [2.24, 2.45) is 4.99 Å². The molecule has 3 rings (SSSR count). The van der Waals surface area contributed by atoms with Gasteiger partial charge in [-0.15, -0.1) is 6.58 Å². The van der Waals surface area contributed by atoms with Crippen molar-refractivity contribution in [1.82, 2.24) is 10.9 Å². The zero-order valence-corrected chi connectivity index (χ0v) is 16.9. The summed E-state index contributed by atoms with van der Waals surface area (Å²) in [5.41, 5.74) is 7.03. The van der Waals surface area contributed by atoms with Crippen LogP contribution in [0.25, 0.3) is 0 Å². The minimum absolute atomic E-state index is 0.176. The van der Waals surface area contributed by atoms with Crippen LogP contribution in [0.5, 0.6) is 0 Å². The number of nitrogens with zero attached hydrogens (tertiary/aromatic N) is 1. The van der Waals surface area contributed by atoms with Crippen LogP contribution in [-0.4, -0.2) is 17.0 Å². The first kappa shape index (κ1) is 21.5. The number of nitrogens with one attached hydrogen (secondary N) is 2. The third-order valence-electron chi connectivity index (χ3n) is 3.42. The van der Waals surface area contributed by atoms with Crippen molar-refractivity contribution in [3.8, 4) is 0 Å². The second-order valence-corrected chi connectivity index (χ2v) is 6.91. The van der Waals surface area contributed by atoms with Crippen LogP contribution in [0.15, 0.2) is 88.2 Å². The topological polar surface area (TPSA) is 70.6 Å². The Hall–Kier alpha value is -2.83. The lowest BCUT2D eigenvalue weighted by Crippen LogP contribution is -2.41. The molecular weight excluding hydrogens is 394 g/mol. The van der Waals surface area contributed by atoms with E-state index in [0.717, 1.165) is 16.2 Å². The molecule has 2 amide bonds. The van der Waals surface area contributed by atoms with E-state index in [0.29, 0.717) is 10.7 Å². The number of hydrogen-bond acceptors (Lipinski definition) is 4. The van der Waals surface area contributed by atoms with Crippen molar-refractivity contribution < 1.29 is 9.59 Å². The summed E-state index contributed by atoms with van der Waals surface area (Å²) < 4.78 is 0. The van der Waals surface area contributed by atoms with E-state index < -0.39 is 0 Å². The molecule has 1 heterocycles. The Morgan fingerprint density at radius 3 is 2.50 bits per heavy atom. The summed E-state index contributed by atoms with van der Waals surface area (Å²) in [6.45, 7) is 5.36. The molecule has 2 aromatic rings. The van der Waals surface area contributed by atoms with Crippen molar-refractivity contribution in [2.75, 3.05) is 0 Å². The van der Waals surface area contributed by atoms with Gasteiger partial charge in [0.1, 0.15) is 5.17 Å². The van der Waals surface area contributed by atoms with E-state index >= 15 is 0 Å². The van der Waals surface area contributed by atoms with Gasteiger partial charge in [0.25, 0.3) is 5.91 Å². The van der Waals surface area contributed by atoms with Crippen LogP contribution in [0.2, 0.25) is 0 Å². The van der Waals surface area contributed by atoms with Crippen LogP contribution in [-0.2, 0) is 4.79 Å². The molecule has 7 heteroatoms. The smallest absolute Gasteiger partial charge is 0.269 e.